The van der Waals surface area contributed by atoms with Gasteiger partial charge in [-0.25, -0.2) is 0 Å². The Labute approximate surface area is 296 Å². The number of nitrogens with zero attached hydrogens (tertiary/aromatic N) is 1. The maximum absolute atomic E-state index is 12.4. The Kier molecular flexibility index (Phi) is 14.4. The summed E-state index contributed by atoms with van der Waals surface area (Å²) >= 11 is 0. The van der Waals surface area contributed by atoms with Crippen LogP contribution >= 0.6 is 0 Å². The van der Waals surface area contributed by atoms with Crippen molar-refractivity contribution in [2.75, 3.05) is 6.54 Å². The van der Waals surface area contributed by atoms with Crippen LogP contribution in [0.2, 0.25) is 0 Å². The first kappa shape index (κ1) is 36.4. The second kappa shape index (κ2) is 19.3. The summed E-state index contributed by atoms with van der Waals surface area (Å²) in [4.78, 5) is 15.3. The fraction of sp³-hybridized carbons (Fsp3) is 0.444. The average molecular weight is 659 g/mol. The topological polar surface area (TPSA) is 52.3 Å². The quantitative estimate of drug-likeness (QED) is 0.0502. The molecule has 0 radical (unpaired) electrons. The first-order valence-corrected chi connectivity index (χ1v) is 19.1. The summed E-state index contributed by atoms with van der Waals surface area (Å²) in [6, 6.07) is 41.9. The first-order valence-electron chi connectivity index (χ1n) is 19.1. The molecule has 260 valence electrons. The number of nitrogens with one attached hydrogen (secondary N) is 1. The monoisotopic (exact) mass is 658 g/mol. The van der Waals surface area contributed by atoms with Crippen molar-refractivity contribution in [2.24, 2.45) is 0 Å². The average Bonchev–Trinajstić information content (AvgIpc) is 3.83. The Balaban J connectivity index is 1.19. The van der Waals surface area contributed by atoms with E-state index in [1.165, 1.54) is 87.3 Å². The summed E-state index contributed by atoms with van der Waals surface area (Å²) in [5.41, 5.74) is 4.85. The van der Waals surface area contributed by atoms with E-state index in [4.69, 9.17) is 0 Å². The van der Waals surface area contributed by atoms with Crippen molar-refractivity contribution in [3.05, 3.63) is 138 Å². The van der Waals surface area contributed by atoms with E-state index in [9.17, 15) is 9.90 Å². The van der Waals surface area contributed by atoms with Gasteiger partial charge >= 0.3 is 0 Å². The van der Waals surface area contributed by atoms with E-state index in [0.717, 1.165) is 24.8 Å². The molecule has 3 unspecified atom stereocenters. The molecule has 1 fully saturated rings. The van der Waals surface area contributed by atoms with Crippen LogP contribution in [-0.4, -0.2) is 34.5 Å². The molecule has 4 aromatic rings. The highest BCUT2D eigenvalue weighted by molar-refractivity contribution is 5.75. The van der Waals surface area contributed by atoms with Gasteiger partial charge in [-0.15, -0.1) is 0 Å². The second-order valence-electron chi connectivity index (χ2n) is 14.0. The van der Waals surface area contributed by atoms with Gasteiger partial charge in [0, 0.05) is 25.0 Å². The van der Waals surface area contributed by atoms with Crippen LogP contribution < -0.4 is 5.32 Å². The molecule has 1 aliphatic rings. The largest absolute Gasteiger partial charge is 0.508 e. The highest BCUT2D eigenvalue weighted by atomic mass is 16.3. The molecule has 2 N–H and O–H groups in total. The highest BCUT2D eigenvalue weighted by Gasteiger charge is 2.59. The van der Waals surface area contributed by atoms with Gasteiger partial charge in [-0.1, -0.05) is 174 Å². The van der Waals surface area contributed by atoms with E-state index in [2.05, 4.69) is 108 Å². The van der Waals surface area contributed by atoms with E-state index in [1.54, 1.807) is 12.1 Å². The summed E-state index contributed by atoms with van der Waals surface area (Å²) in [6.07, 6.45) is 17.5. The SMILES string of the molecule is CCCCCCCCC1C(CCCCCCCC(=O)NCCc2ccc(O)cc2)N1C(c1ccccc1)(c1ccccc1)c1ccccc1. The molecule has 0 aliphatic carbocycles. The lowest BCUT2D eigenvalue weighted by Gasteiger charge is -2.39. The Hall–Kier alpha value is -3.89. The van der Waals surface area contributed by atoms with Crippen LogP contribution in [-0.2, 0) is 16.8 Å². The van der Waals surface area contributed by atoms with Gasteiger partial charge in [-0.05, 0) is 60.1 Å². The van der Waals surface area contributed by atoms with Crippen LogP contribution in [0.1, 0.15) is 119 Å². The highest BCUT2D eigenvalue weighted by Crippen LogP contribution is 2.54. The number of phenols is 1. The molecule has 1 heterocycles. The van der Waals surface area contributed by atoms with E-state index < -0.39 is 0 Å². The second-order valence-corrected chi connectivity index (χ2v) is 14.0. The molecule has 49 heavy (non-hydrogen) atoms. The normalized spacial score (nSPS) is 17.1. The van der Waals surface area contributed by atoms with Crippen LogP contribution in [0, 0.1) is 0 Å². The third-order valence-electron chi connectivity index (χ3n) is 10.5. The molecule has 1 aliphatic heterocycles. The van der Waals surface area contributed by atoms with E-state index in [1.807, 2.05) is 12.1 Å². The van der Waals surface area contributed by atoms with Gasteiger partial charge in [0.05, 0.1) is 5.54 Å². The molecule has 1 saturated heterocycles. The molecule has 4 nitrogen and oxygen atoms in total. The van der Waals surface area contributed by atoms with E-state index >= 15 is 0 Å². The number of phenolic OH excluding ortho intramolecular Hbond substituents is 1. The molecular weight excluding hydrogens is 601 g/mol. The minimum absolute atomic E-state index is 0.143. The van der Waals surface area contributed by atoms with Gasteiger partial charge < -0.3 is 10.4 Å². The lowest BCUT2D eigenvalue weighted by Crippen LogP contribution is -2.39. The molecule has 0 aromatic heterocycles. The minimum atomic E-state index is -0.322. The maximum Gasteiger partial charge on any atom is 0.220 e. The number of benzene rings is 4. The van der Waals surface area contributed by atoms with Crippen molar-refractivity contribution in [2.45, 2.75) is 121 Å². The molecular formula is C45H58N2O2. The van der Waals surface area contributed by atoms with Crippen molar-refractivity contribution < 1.29 is 9.90 Å². The number of amides is 1. The third kappa shape index (κ3) is 10.1. The summed E-state index contributed by atoms with van der Waals surface area (Å²) < 4.78 is 0. The zero-order valence-corrected chi connectivity index (χ0v) is 29.7. The lowest BCUT2D eigenvalue weighted by molar-refractivity contribution is -0.121. The Morgan fingerprint density at radius 3 is 1.55 bits per heavy atom. The van der Waals surface area contributed by atoms with E-state index in [-0.39, 0.29) is 17.2 Å². The van der Waals surface area contributed by atoms with Crippen LogP contribution in [0.5, 0.6) is 5.75 Å². The Morgan fingerprint density at radius 2 is 1.06 bits per heavy atom. The van der Waals surface area contributed by atoms with Crippen LogP contribution in [0.4, 0.5) is 0 Å². The molecule has 4 aromatic carbocycles. The summed E-state index contributed by atoms with van der Waals surface area (Å²) in [6.45, 7) is 2.93. The molecule has 1 amide bonds. The zero-order valence-electron chi connectivity index (χ0n) is 29.7. The van der Waals surface area contributed by atoms with Gasteiger partial charge in [0.1, 0.15) is 5.75 Å². The number of aromatic hydroxyl groups is 1. The number of carbonyl (C=O) groups is 1. The van der Waals surface area contributed by atoms with Gasteiger partial charge in [-0.3, -0.25) is 9.69 Å². The van der Waals surface area contributed by atoms with Gasteiger partial charge in [0.25, 0.3) is 0 Å². The Bertz CT molecular complexity index is 1390. The minimum Gasteiger partial charge on any atom is -0.508 e. The fourth-order valence-corrected chi connectivity index (χ4v) is 7.88. The van der Waals surface area contributed by atoms with Crippen LogP contribution in [0.25, 0.3) is 0 Å². The zero-order chi connectivity index (χ0) is 34.2. The van der Waals surface area contributed by atoms with Crippen LogP contribution in [0.15, 0.2) is 115 Å². The molecule has 0 bridgehead atoms. The fourth-order valence-electron chi connectivity index (χ4n) is 7.88. The van der Waals surface area contributed by atoms with Crippen molar-refractivity contribution in [1.29, 1.82) is 0 Å². The predicted molar refractivity (Wildman–Crippen MR) is 204 cm³/mol. The lowest BCUT2D eigenvalue weighted by atomic mass is 9.76. The first-order chi connectivity index (χ1) is 24.1. The number of hydrogen-bond donors (Lipinski definition) is 2. The van der Waals surface area contributed by atoms with Crippen LogP contribution in [0.3, 0.4) is 0 Å². The number of carbonyl (C=O) groups excluding carboxylic acids is 1. The van der Waals surface area contributed by atoms with Crippen molar-refractivity contribution in [1.82, 2.24) is 10.2 Å². The van der Waals surface area contributed by atoms with Crippen molar-refractivity contribution >= 4 is 5.91 Å². The maximum atomic E-state index is 12.4. The molecule has 3 atom stereocenters. The standard InChI is InChI=1S/C45H58N2O2/c1-2-3-4-5-7-19-28-42-43(29-20-8-6-9-21-30-44(49)46-36-35-37-31-33-41(48)34-32-37)47(42)45(38-22-13-10-14-23-38,39-24-15-11-16-25-39)40-26-17-12-18-27-40/h10-18,22-27,31-34,42-43,48H,2-9,19-21,28-30,35-36H2,1H3,(H,46,49). The molecule has 4 heteroatoms. The molecule has 5 rings (SSSR count). The molecule has 0 saturated carbocycles. The van der Waals surface area contributed by atoms with Gasteiger partial charge in [0.15, 0.2) is 0 Å². The van der Waals surface area contributed by atoms with Crippen molar-refractivity contribution in [3.8, 4) is 5.75 Å². The summed E-state index contributed by atoms with van der Waals surface area (Å²) in [5, 5.41) is 12.5. The van der Waals surface area contributed by atoms with Crippen molar-refractivity contribution in [3.63, 3.8) is 0 Å². The number of rotatable bonds is 22. The number of unbranched alkanes of at least 4 members (excludes halogenated alkanes) is 9. The summed E-state index contributed by atoms with van der Waals surface area (Å²) in [5.74, 6) is 0.416. The van der Waals surface area contributed by atoms with Gasteiger partial charge in [-0.2, -0.15) is 0 Å². The third-order valence-corrected chi connectivity index (χ3v) is 10.5. The number of hydrogen-bond acceptors (Lipinski definition) is 3. The predicted octanol–water partition coefficient (Wildman–Crippen LogP) is 10.6. The molecule has 0 spiro atoms. The van der Waals surface area contributed by atoms with Gasteiger partial charge in [0.2, 0.25) is 5.91 Å². The van der Waals surface area contributed by atoms with E-state index in [0.29, 0.717) is 25.0 Å². The Morgan fingerprint density at radius 1 is 0.612 bits per heavy atom. The summed E-state index contributed by atoms with van der Waals surface area (Å²) in [7, 11) is 0. The smallest absolute Gasteiger partial charge is 0.220 e.